The molecule has 1 fully saturated rings. The molecule has 0 saturated carbocycles. The summed E-state index contributed by atoms with van der Waals surface area (Å²) >= 11 is 0. The molecule has 4 rings (SSSR count). The number of nitrogens with one attached hydrogen (secondary N) is 1. The van der Waals surface area contributed by atoms with Crippen molar-refractivity contribution in [2.24, 2.45) is 5.92 Å². The highest BCUT2D eigenvalue weighted by Gasteiger charge is 2.23. The van der Waals surface area contributed by atoms with Crippen molar-refractivity contribution in [2.45, 2.75) is 31.2 Å². The molecule has 158 valence electrons. The molecule has 2 heterocycles. The zero-order chi connectivity index (χ0) is 21.0. The highest BCUT2D eigenvalue weighted by molar-refractivity contribution is 7.89. The van der Waals surface area contributed by atoms with E-state index >= 15 is 0 Å². The molecule has 2 aromatic carbocycles. The first-order valence-corrected chi connectivity index (χ1v) is 11.7. The van der Waals surface area contributed by atoms with E-state index in [0.29, 0.717) is 18.0 Å². The lowest BCUT2D eigenvalue weighted by molar-refractivity contribution is 0.165. The predicted octanol–water partition coefficient (Wildman–Crippen LogP) is 2.77. The zero-order valence-electron chi connectivity index (χ0n) is 17.1. The van der Waals surface area contributed by atoms with Gasteiger partial charge in [0.05, 0.1) is 17.1 Å². The van der Waals surface area contributed by atoms with Gasteiger partial charge in [0.2, 0.25) is 10.0 Å². The first-order chi connectivity index (χ1) is 14.5. The summed E-state index contributed by atoms with van der Waals surface area (Å²) in [5.74, 6) is 1.05. The summed E-state index contributed by atoms with van der Waals surface area (Å²) in [5, 5.41) is 4.58. The lowest BCUT2D eigenvalue weighted by atomic mass is 9.98. The van der Waals surface area contributed by atoms with Crippen LogP contribution in [0, 0.1) is 12.8 Å². The van der Waals surface area contributed by atoms with Crippen LogP contribution in [0.2, 0.25) is 0 Å². The number of aromatic nitrogens is 3. The molecule has 0 radical (unpaired) electrons. The Morgan fingerprint density at radius 3 is 2.63 bits per heavy atom. The van der Waals surface area contributed by atoms with Crippen molar-refractivity contribution in [2.75, 3.05) is 19.6 Å². The Morgan fingerprint density at radius 2 is 1.87 bits per heavy atom. The number of aryl methyl sites for hydroxylation is 1. The zero-order valence-corrected chi connectivity index (χ0v) is 17.9. The van der Waals surface area contributed by atoms with Crippen molar-refractivity contribution in [3.63, 3.8) is 0 Å². The van der Waals surface area contributed by atoms with Gasteiger partial charge in [0.1, 0.15) is 6.33 Å². The number of rotatable bonds is 7. The lowest BCUT2D eigenvalue weighted by Crippen LogP contribution is -2.40. The third-order valence-corrected chi connectivity index (χ3v) is 6.86. The Balaban J connectivity index is 1.32. The summed E-state index contributed by atoms with van der Waals surface area (Å²) in [7, 11) is -3.48. The fourth-order valence-corrected chi connectivity index (χ4v) is 4.88. The molecular formula is C22H27N5O2S. The Hall–Kier alpha value is -2.55. The van der Waals surface area contributed by atoms with Crippen molar-refractivity contribution < 1.29 is 8.42 Å². The van der Waals surface area contributed by atoms with Crippen molar-refractivity contribution in [3.05, 3.63) is 72.3 Å². The first-order valence-electron chi connectivity index (χ1n) is 10.2. The van der Waals surface area contributed by atoms with E-state index in [0.717, 1.165) is 43.0 Å². The molecule has 7 nitrogen and oxygen atoms in total. The number of sulfonamides is 1. The molecule has 1 aliphatic heterocycles. The summed E-state index contributed by atoms with van der Waals surface area (Å²) in [6.07, 6.45) is 3.79. The van der Waals surface area contributed by atoms with Crippen LogP contribution in [-0.2, 0) is 16.6 Å². The predicted molar refractivity (Wildman–Crippen MR) is 116 cm³/mol. The molecule has 1 aromatic heterocycles. The summed E-state index contributed by atoms with van der Waals surface area (Å²) < 4.78 is 29.7. The van der Waals surface area contributed by atoms with Gasteiger partial charge in [-0.25, -0.2) is 22.8 Å². The molecule has 0 amide bonds. The minimum Gasteiger partial charge on any atom is -0.296 e. The molecule has 0 bridgehead atoms. The highest BCUT2D eigenvalue weighted by Crippen LogP contribution is 2.19. The minimum absolute atomic E-state index is 0.273. The standard InChI is InChI=1S/C22H27N5O2S/c1-18-9-11-21(12-10-18)30(28,29)24-14-19-6-5-13-26(15-19)16-22-23-17-27(25-22)20-7-3-2-4-8-20/h2-4,7-12,17,19,24H,5-6,13-16H2,1H3. The van der Waals surface area contributed by atoms with Crippen LogP contribution in [-0.4, -0.2) is 47.7 Å². The first kappa shape index (κ1) is 20.7. The number of hydrogen-bond donors (Lipinski definition) is 1. The van der Waals surface area contributed by atoms with Gasteiger partial charge in [-0.3, -0.25) is 4.90 Å². The van der Waals surface area contributed by atoms with Crippen molar-refractivity contribution in [3.8, 4) is 5.69 Å². The molecule has 3 aromatic rings. The van der Waals surface area contributed by atoms with E-state index in [1.807, 2.05) is 49.4 Å². The lowest BCUT2D eigenvalue weighted by Gasteiger charge is -2.32. The second-order valence-corrected chi connectivity index (χ2v) is 9.62. The maximum atomic E-state index is 12.5. The maximum absolute atomic E-state index is 12.5. The molecule has 1 atom stereocenters. The van der Waals surface area contributed by atoms with E-state index in [1.165, 1.54) is 0 Å². The van der Waals surface area contributed by atoms with E-state index in [2.05, 4.69) is 19.7 Å². The van der Waals surface area contributed by atoms with E-state index in [-0.39, 0.29) is 5.92 Å². The number of hydrogen-bond acceptors (Lipinski definition) is 5. The van der Waals surface area contributed by atoms with Crippen LogP contribution >= 0.6 is 0 Å². The Morgan fingerprint density at radius 1 is 1.10 bits per heavy atom. The van der Waals surface area contributed by atoms with Crippen molar-refractivity contribution in [1.29, 1.82) is 0 Å². The van der Waals surface area contributed by atoms with Crippen LogP contribution in [0.4, 0.5) is 0 Å². The molecule has 0 spiro atoms. The third kappa shape index (κ3) is 5.13. The van der Waals surface area contributed by atoms with Gasteiger partial charge in [0.15, 0.2) is 5.82 Å². The average molecular weight is 426 g/mol. The van der Waals surface area contributed by atoms with E-state index < -0.39 is 10.0 Å². The Labute approximate surface area is 177 Å². The molecule has 1 N–H and O–H groups in total. The summed E-state index contributed by atoms with van der Waals surface area (Å²) in [4.78, 5) is 7.06. The number of para-hydroxylation sites is 1. The number of nitrogens with zero attached hydrogens (tertiary/aromatic N) is 4. The smallest absolute Gasteiger partial charge is 0.240 e. The van der Waals surface area contributed by atoms with Gasteiger partial charge in [-0.05, 0) is 56.5 Å². The van der Waals surface area contributed by atoms with Crippen LogP contribution in [0.5, 0.6) is 0 Å². The fraction of sp³-hybridized carbons (Fsp3) is 0.364. The minimum atomic E-state index is -3.48. The monoisotopic (exact) mass is 425 g/mol. The van der Waals surface area contributed by atoms with Crippen LogP contribution in [0.3, 0.4) is 0 Å². The second-order valence-electron chi connectivity index (χ2n) is 7.85. The third-order valence-electron chi connectivity index (χ3n) is 5.42. The van der Waals surface area contributed by atoms with Crippen LogP contribution in [0.15, 0.2) is 65.8 Å². The molecule has 30 heavy (non-hydrogen) atoms. The summed E-state index contributed by atoms with van der Waals surface area (Å²) in [6.45, 7) is 4.86. The summed E-state index contributed by atoms with van der Waals surface area (Å²) in [6, 6.07) is 16.9. The number of likely N-dealkylation sites (tertiary alicyclic amines) is 1. The molecular weight excluding hydrogens is 398 g/mol. The van der Waals surface area contributed by atoms with Crippen molar-refractivity contribution >= 4 is 10.0 Å². The molecule has 1 aliphatic rings. The summed E-state index contributed by atoms with van der Waals surface area (Å²) in [5.41, 5.74) is 2.03. The van der Waals surface area contributed by atoms with Gasteiger partial charge >= 0.3 is 0 Å². The van der Waals surface area contributed by atoms with E-state index in [4.69, 9.17) is 0 Å². The maximum Gasteiger partial charge on any atom is 0.240 e. The van der Waals surface area contributed by atoms with Crippen molar-refractivity contribution in [1.82, 2.24) is 24.4 Å². The molecule has 0 aliphatic carbocycles. The SMILES string of the molecule is Cc1ccc(S(=O)(=O)NCC2CCCN(Cc3ncn(-c4ccccc4)n3)C2)cc1. The topological polar surface area (TPSA) is 80.1 Å². The normalized spacial score (nSPS) is 17.8. The quantitative estimate of drug-likeness (QED) is 0.630. The van der Waals surface area contributed by atoms with Crippen LogP contribution in [0.25, 0.3) is 5.69 Å². The van der Waals surface area contributed by atoms with Gasteiger partial charge < -0.3 is 0 Å². The van der Waals surface area contributed by atoms with Gasteiger partial charge in [0.25, 0.3) is 0 Å². The largest absolute Gasteiger partial charge is 0.296 e. The molecule has 1 unspecified atom stereocenters. The number of benzene rings is 2. The molecule has 1 saturated heterocycles. The fourth-order valence-electron chi connectivity index (χ4n) is 3.76. The van der Waals surface area contributed by atoms with Gasteiger partial charge in [-0.1, -0.05) is 35.9 Å². The molecule has 8 heteroatoms. The Kier molecular flexibility index (Phi) is 6.26. The van der Waals surface area contributed by atoms with Gasteiger partial charge in [-0.2, -0.15) is 0 Å². The Bertz CT molecular complexity index is 1060. The second kappa shape index (κ2) is 9.07. The van der Waals surface area contributed by atoms with Gasteiger partial charge in [-0.15, -0.1) is 5.10 Å². The number of piperidine rings is 1. The van der Waals surface area contributed by atoms with Crippen LogP contribution < -0.4 is 4.72 Å². The van der Waals surface area contributed by atoms with Gasteiger partial charge in [0, 0.05) is 13.1 Å². The highest BCUT2D eigenvalue weighted by atomic mass is 32.2. The average Bonchev–Trinajstić information content (AvgIpc) is 3.22. The van der Waals surface area contributed by atoms with E-state index in [9.17, 15) is 8.42 Å². The van der Waals surface area contributed by atoms with E-state index in [1.54, 1.807) is 23.1 Å². The van der Waals surface area contributed by atoms with Crippen LogP contribution in [0.1, 0.15) is 24.2 Å².